The molecule has 10 nitrogen and oxygen atoms in total. The maximum absolute atomic E-state index is 13.9. The maximum atomic E-state index is 13.9. The van der Waals surface area contributed by atoms with Gasteiger partial charge in [-0.25, -0.2) is 9.59 Å². The molecule has 63 heavy (non-hydrogen) atoms. The molecule has 326 valence electrons. The zero-order valence-electron chi connectivity index (χ0n) is 36.2. The van der Waals surface area contributed by atoms with Gasteiger partial charge in [0.05, 0.1) is 6.61 Å². The molecule has 0 bridgehead atoms. The zero-order valence-corrected chi connectivity index (χ0v) is 37.2. The highest BCUT2D eigenvalue weighted by Crippen LogP contribution is 2.32. The number of carbonyl (C=O) groups is 3. The predicted molar refractivity (Wildman–Crippen MR) is 248 cm³/mol. The molecule has 0 heterocycles. The summed E-state index contributed by atoms with van der Waals surface area (Å²) in [4.78, 5) is 40.3. The Morgan fingerprint density at radius 1 is 0.540 bits per heavy atom. The number of esters is 2. The SMILES string of the molecule is C[Si](C)(C)CCOC(=O)[C@H](Cc1cc(-c2cc(C[C@H](N)C(=O)OCc3ccccc3)cc(OCc3ccccc3)c2)ccc1OCc1ccccc1)NC(=O)OCc1ccccc1. The van der Waals surface area contributed by atoms with Crippen LogP contribution in [-0.2, 0) is 63.1 Å². The summed E-state index contributed by atoms with van der Waals surface area (Å²) < 4.78 is 29.7. The Morgan fingerprint density at radius 3 is 1.65 bits per heavy atom. The minimum absolute atomic E-state index is 0.0322. The second-order valence-corrected chi connectivity index (χ2v) is 22.2. The lowest BCUT2D eigenvalue weighted by Crippen LogP contribution is -2.44. The molecule has 0 saturated heterocycles. The number of hydrogen-bond acceptors (Lipinski definition) is 9. The number of benzene rings is 6. The van der Waals surface area contributed by atoms with Crippen LogP contribution in [0.1, 0.15) is 33.4 Å². The molecule has 0 aromatic heterocycles. The fourth-order valence-corrected chi connectivity index (χ4v) is 7.33. The number of carbonyl (C=O) groups excluding carboxylic acids is 3. The molecule has 0 aliphatic heterocycles. The molecule has 0 unspecified atom stereocenters. The van der Waals surface area contributed by atoms with Crippen molar-refractivity contribution >= 4 is 26.1 Å². The van der Waals surface area contributed by atoms with Crippen LogP contribution in [0.5, 0.6) is 11.5 Å². The van der Waals surface area contributed by atoms with Crippen molar-refractivity contribution in [3.05, 3.63) is 191 Å². The molecule has 0 aliphatic rings. The molecule has 0 fully saturated rings. The summed E-state index contributed by atoms with van der Waals surface area (Å²) in [6, 6.07) is 48.6. The predicted octanol–water partition coefficient (Wildman–Crippen LogP) is 9.84. The number of amides is 1. The van der Waals surface area contributed by atoms with Gasteiger partial charge in [0.2, 0.25) is 0 Å². The summed E-state index contributed by atoms with van der Waals surface area (Å²) in [5.74, 6) is 0.0162. The number of ether oxygens (including phenoxy) is 5. The van der Waals surface area contributed by atoms with Crippen molar-refractivity contribution in [3.8, 4) is 22.6 Å². The van der Waals surface area contributed by atoms with E-state index in [1.807, 2.05) is 158 Å². The van der Waals surface area contributed by atoms with Gasteiger partial charge in [0.25, 0.3) is 0 Å². The Labute approximate surface area is 371 Å². The smallest absolute Gasteiger partial charge is 0.408 e. The van der Waals surface area contributed by atoms with Crippen molar-refractivity contribution in [1.29, 1.82) is 0 Å². The first kappa shape index (κ1) is 45.8. The summed E-state index contributed by atoms with van der Waals surface area (Å²) in [5.41, 5.74) is 13.1. The Hall–Kier alpha value is -6.69. The second-order valence-electron chi connectivity index (χ2n) is 16.6. The van der Waals surface area contributed by atoms with Gasteiger partial charge in [0, 0.05) is 14.5 Å². The lowest BCUT2D eigenvalue weighted by atomic mass is 9.95. The van der Waals surface area contributed by atoms with E-state index in [1.165, 1.54) is 0 Å². The summed E-state index contributed by atoms with van der Waals surface area (Å²) in [6.07, 6.45) is -0.519. The van der Waals surface area contributed by atoms with Crippen LogP contribution >= 0.6 is 0 Å². The Balaban J connectivity index is 1.31. The van der Waals surface area contributed by atoms with Crippen LogP contribution in [0.15, 0.2) is 158 Å². The number of nitrogens with one attached hydrogen (secondary N) is 1. The molecule has 0 spiro atoms. The number of nitrogens with two attached hydrogens (primary N) is 1. The van der Waals surface area contributed by atoms with Crippen molar-refractivity contribution in [2.24, 2.45) is 5.73 Å². The molecule has 2 atom stereocenters. The molecule has 1 amide bonds. The monoisotopic (exact) mass is 864 g/mol. The van der Waals surface area contributed by atoms with Crippen LogP contribution in [0.25, 0.3) is 11.1 Å². The van der Waals surface area contributed by atoms with Crippen LogP contribution in [0, 0.1) is 0 Å². The van der Waals surface area contributed by atoms with Crippen molar-refractivity contribution in [2.45, 2.75) is 77.0 Å². The summed E-state index contributed by atoms with van der Waals surface area (Å²) in [7, 11) is -1.54. The highest BCUT2D eigenvalue weighted by molar-refractivity contribution is 6.76. The third-order valence-corrected chi connectivity index (χ3v) is 11.8. The van der Waals surface area contributed by atoms with Gasteiger partial charge in [0.1, 0.15) is 50.0 Å². The molecule has 0 radical (unpaired) electrons. The van der Waals surface area contributed by atoms with Gasteiger partial charge in [-0.05, 0) is 81.2 Å². The molecule has 6 aromatic rings. The van der Waals surface area contributed by atoms with Gasteiger partial charge in [-0.1, -0.05) is 153 Å². The highest BCUT2D eigenvalue weighted by atomic mass is 28.3. The first-order valence-electron chi connectivity index (χ1n) is 21.2. The largest absolute Gasteiger partial charge is 0.489 e. The van der Waals surface area contributed by atoms with Crippen molar-refractivity contribution < 1.29 is 38.1 Å². The Kier molecular flexibility index (Phi) is 16.7. The minimum Gasteiger partial charge on any atom is -0.489 e. The van der Waals surface area contributed by atoms with Crippen LogP contribution in [0.3, 0.4) is 0 Å². The first-order valence-corrected chi connectivity index (χ1v) is 24.9. The summed E-state index contributed by atoms with van der Waals surface area (Å²) in [6.45, 7) is 7.60. The molecule has 0 saturated carbocycles. The second kappa shape index (κ2) is 22.9. The lowest BCUT2D eigenvalue weighted by Gasteiger charge is -2.22. The van der Waals surface area contributed by atoms with Gasteiger partial charge in [-0.2, -0.15) is 0 Å². The van der Waals surface area contributed by atoms with E-state index in [9.17, 15) is 14.4 Å². The quantitative estimate of drug-likeness (QED) is 0.0412. The number of hydrogen-bond donors (Lipinski definition) is 2. The molecular formula is C52H56N2O8Si. The van der Waals surface area contributed by atoms with Crippen molar-refractivity contribution in [1.82, 2.24) is 5.32 Å². The normalized spacial score (nSPS) is 12.1. The van der Waals surface area contributed by atoms with Gasteiger partial charge < -0.3 is 34.7 Å². The molecule has 3 N–H and O–H groups in total. The van der Waals surface area contributed by atoms with E-state index < -0.39 is 38.2 Å². The summed E-state index contributed by atoms with van der Waals surface area (Å²) >= 11 is 0. The standard InChI is InChI=1S/C52H56N2O8Si/c1-63(2,3)27-26-58-51(56)48(54-52(57)62-37-41-22-14-7-15-23-41)33-45-31-43(24-25-49(45)60-35-39-18-10-5-11-19-39)44-28-42(29-46(32-44)59-34-38-16-8-4-9-17-38)30-47(53)50(55)61-36-40-20-12-6-13-21-40/h4-25,28-29,31-32,47-48H,26-27,30,33-37,53H2,1-3H3,(H,54,57)/t47-,48-/m0/s1. The van der Waals surface area contributed by atoms with E-state index in [0.717, 1.165) is 45.0 Å². The van der Waals surface area contributed by atoms with E-state index in [0.29, 0.717) is 23.7 Å². The van der Waals surface area contributed by atoms with Crippen molar-refractivity contribution in [2.75, 3.05) is 6.61 Å². The van der Waals surface area contributed by atoms with Gasteiger partial charge in [0.15, 0.2) is 0 Å². The first-order chi connectivity index (χ1) is 30.5. The minimum atomic E-state index is -1.54. The van der Waals surface area contributed by atoms with E-state index in [4.69, 9.17) is 29.4 Å². The van der Waals surface area contributed by atoms with Gasteiger partial charge in [-0.3, -0.25) is 4.79 Å². The molecular weight excluding hydrogens is 809 g/mol. The maximum Gasteiger partial charge on any atom is 0.408 e. The number of alkyl carbamates (subject to hydrolysis) is 1. The lowest BCUT2D eigenvalue weighted by molar-refractivity contribution is -0.147. The third kappa shape index (κ3) is 15.3. The van der Waals surface area contributed by atoms with Crippen LogP contribution < -0.4 is 20.5 Å². The average Bonchev–Trinajstić information content (AvgIpc) is 3.29. The fraction of sp³-hybridized carbons (Fsp3) is 0.250. The van der Waals surface area contributed by atoms with Gasteiger partial charge in [-0.15, -0.1) is 0 Å². The number of rotatable bonds is 21. The van der Waals surface area contributed by atoms with E-state index >= 15 is 0 Å². The average molecular weight is 865 g/mol. The van der Waals surface area contributed by atoms with E-state index in [1.54, 1.807) is 0 Å². The third-order valence-electron chi connectivity index (χ3n) is 10.1. The van der Waals surface area contributed by atoms with E-state index in [2.05, 4.69) is 25.0 Å². The Morgan fingerprint density at radius 2 is 1.08 bits per heavy atom. The Bertz CT molecular complexity index is 2380. The van der Waals surface area contributed by atoms with E-state index in [-0.39, 0.29) is 39.3 Å². The molecule has 0 aliphatic carbocycles. The molecule has 6 rings (SSSR count). The molecule has 6 aromatic carbocycles. The van der Waals surface area contributed by atoms with Crippen molar-refractivity contribution in [3.63, 3.8) is 0 Å². The zero-order chi connectivity index (χ0) is 44.4. The topological polar surface area (TPSA) is 135 Å². The van der Waals surface area contributed by atoms with Gasteiger partial charge >= 0.3 is 18.0 Å². The molecule has 11 heteroatoms. The van der Waals surface area contributed by atoms with Crippen LogP contribution in [0.4, 0.5) is 4.79 Å². The summed E-state index contributed by atoms with van der Waals surface area (Å²) in [5, 5.41) is 2.79. The van der Waals surface area contributed by atoms with Crippen LogP contribution in [-0.4, -0.2) is 44.8 Å². The fourth-order valence-electron chi connectivity index (χ4n) is 6.62. The van der Waals surface area contributed by atoms with Crippen LogP contribution in [0.2, 0.25) is 25.7 Å². The highest BCUT2D eigenvalue weighted by Gasteiger charge is 2.27.